The van der Waals surface area contributed by atoms with Crippen LogP contribution in [0.3, 0.4) is 0 Å². The number of hydrogen-bond donors (Lipinski definition) is 3. The van der Waals surface area contributed by atoms with Crippen LogP contribution in [0.2, 0.25) is 0 Å². The van der Waals surface area contributed by atoms with Gasteiger partial charge in [-0.1, -0.05) is 5.16 Å². The molecule has 0 amide bonds. The van der Waals surface area contributed by atoms with E-state index < -0.39 is 0 Å². The van der Waals surface area contributed by atoms with Crippen molar-refractivity contribution >= 4 is 33.5 Å². The fourth-order valence-electron chi connectivity index (χ4n) is 4.52. The molecule has 2 atom stereocenters. The zero-order valence-electron chi connectivity index (χ0n) is 16.2. The van der Waals surface area contributed by atoms with Crippen molar-refractivity contribution in [2.45, 2.75) is 31.3 Å². The molecule has 3 heterocycles. The topological polar surface area (TPSA) is 132 Å². The maximum atomic E-state index is 13.1. The standard InChI is InChI=1S/C19H24N6O3S/c1-28-22-13-8-24(7-9(13)6-20)15-5-14-11(4-12(15)21)17(26)16-18(27)23-29-19(16)25(14)10-2-3-10/h5,9-10,12H,2-4,6-8,20-21H2,1H3,(H,23,27)/b22-13+. The van der Waals surface area contributed by atoms with Gasteiger partial charge in [-0.3, -0.25) is 14.0 Å². The normalized spacial score (nSPS) is 25.6. The number of nitrogens with two attached hydrogens (primary N) is 2. The molecule has 5 N–H and O–H groups in total. The van der Waals surface area contributed by atoms with Gasteiger partial charge in [0.25, 0.3) is 5.56 Å². The van der Waals surface area contributed by atoms with Crippen molar-refractivity contribution in [3.05, 3.63) is 37.5 Å². The van der Waals surface area contributed by atoms with Crippen LogP contribution in [0.5, 0.6) is 0 Å². The highest BCUT2D eigenvalue weighted by molar-refractivity contribution is 7.12. The average molecular weight is 417 g/mol. The molecule has 5 rings (SSSR count). The number of rotatable bonds is 4. The van der Waals surface area contributed by atoms with Crippen molar-refractivity contribution < 1.29 is 4.84 Å². The van der Waals surface area contributed by atoms with E-state index >= 15 is 0 Å². The van der Waals surface area contributed by atoms with Crippen molar-refractivity contribution in [2.24, 2.45) is 22.5 Å². The summed E-state index contributed by atoms with van der Waals surface area (Å²) in [7, 11) is 1.53. The Balaban J connectivity index is 1.66. The third-order valence-corrected chi connectivity index (χ3v) is 6.98. The molecule has 1 aliphatic heterocycles. The molecule has 10 heteroatoms. The third kappa shape index (κ3) is 2.85. The highest BCUT2D eigenvalue weighted by atomic mass is 32.1. The van der Waals surface area contributed by atoms with Gasteiger partial charge >= 0.3 is 0 Å². The minimum atomic E-state index is -0.321. The lowest BCUT2D eigenvalue weighted by atomic mass is 9.93. The summed E-state index contributed by atoms with van der Waals surface area (Å²) in [5.74, 6) is 0.118. The lowest BCUT2D eigenvalue weighted by molar-refractivity contribution is 0.211. The van der Waals surface area contributed by atoms with Gasteiger partial charge in [0.2, 0.25) is 0 Å². The molecule has 2 aliphatic carbocycles. The molecule has 2 aromatic heterocycles. The van der Waals surface area contributed by atoms with Gasteiger partial charge in [-0.2, -0.15) is 0 Å². The molecule has 0 bridgehead atoms. The van der Waals surface area contributed by atoms with Crippen LogP contribution < -0.4 is 22.5 Å². The SMILES string of the molecule is CO/N=C1\CN(C2=Cc3c(c(=O)c4c(=O)[nH]sc4n3C3CC3)CC2N)CC1CN. The maximum absolute atomic E-state index is 13.1. The van der Waals surface area contributed by atoms with Crippen molar-refractivity contribution in [3.8, 4) is 0 Å². The first-order chi connectivity index (χ1) is 14.0. The maximum Gasteiger partial charge on any atom is 0.271 e. The second-order valence-electron chi connectivity index (χ2n) is 7.97. The van der Waals surface area contributed by atoms with E-state index in [1.165, 1.54) is 18.6 Å². The van der Waals surface area contributed by atoms with Gasteiger partial charge in [-0.05, 0) is 36.9 Å². The van der Waals surface area contributed by atoms with E-state index in [-0.39, 0.29) is 28.3 Å². The largest absolute Gasteiger partial charge is 0.399 e. The molecular weight excluding hydrogens is 392 g/mol. The Bertz CT molecular complexity index is 1160. The molecule has 1 saturated carbocycles. The van der Waals surface area contributed by atoms with Gasteiger partial charge in [0.15, 0.2) is 5.43 Å². The minimum absolute atomic E-state index is 0.118. The van der Waals surface area contributed by atoms with E-state index in [1.807, 2.05) is 6.08 Å². The summed E-state index contributed by atoms with van der Waals surface area (Å²) in [6.45, 7) is 1.82. The summed E-state index contributed by atoms with van der Waals surface area (Å²) in [4.78, 5) is 33.2. The summed E-state index contributed by atoms with van der Waals surface area (Å²) >= 11 is 1.24. The average Bonchev–Trinajstić information content (AvgIpc) is 3.35. The number of hydrogen-bond acceptors (Lipinski definition) is 8. The molecule has 1 saturated heterocycles. The Morgan fingerprint density at radius 3 is 2.86 bits per heavy atom. The Kier molecular flexibility index (Phi) is 4.37. The lowest BCUT2D eigenvalue weighted by Crippen LogP contribution is -2.40. The Morgan fingerprint density at radius 2 is 2.17 bits per heavy atom. The monoisotopic (exact) mass is 416 g/mol. The van der Waals surface area contributed by atoms with Gasteiger partial charge in [0.1, 0.15) is 17.3 Å². The minimum Gasteiger partial charge on any atom is -0.399 e. The quantitative estimate of drug-likeness (QED) is 0.610. The number of oxime groups is 1. The molecule has 0 spiro atoms. The lowest BCUT2D eigenvalue weighted by Gasteiger charge is -2.31. The number of likely N-dealkylation sites (tertiary alicyclic amines) is 1. The van der Waals surface area contributed by atoms with Crippen LogP contribution in [0, 0.1) is 5.92 Å². The summed E-state index contributed by atoms with van der Waals surface area (Å²) in [6, 6.07) is 0.00412. The van der Waals surface area contributed by atoms with E-state index in [9.17, 15) is 9.59 Å². The number of fused-ring (bicyclic) bond motifs is 2. The van der Waals surface area contributed by atoms with E-state index in [1.54, 1.807) is 0 Å². The third-order valence-electron chi connectivity index (χ3n) is 6.09. The Hall–Kier alpha value is -2.43. The Labute approximate surface area is 170 Å². The number of aromatic amines is 1. The van der Waals surface area contributed by atoms with Gasteiger partial charge in [0.05, 0.1) is 18.0 Å². The number of H-pyrrole nitrogens is 1. The van der Waals surface area contributed by atoms with Crippen molar-refractivity contribution in [1.82, 2.24) is 13.8 Å². The second-order valence-corrected chi connectivity index (χ2v) is 8.76. The first kappa shape index (κ1) is 18.6. The van der Waals surface area contributed by atoms with Gasteiger partial charge in [0, 0.05) is 42.4 Å². The second kappa shape index (κ2) is 6.82. The highest BCUT2D eigenvalue weighted by Gasteiger charge is 2.37. The summed E-state index contributed by atoms with van der Waals surface area (Å²) in [5.41, 5.74) is 15.4. The van der Waals surface area contributed by atoms with Crippen molar-refractivity contribution in [3.63, 3.8) is 0 Å². The number of aromatic nitrogens is 2. The number of nitrogens with one attached hydrogen (secondary N) is 1. The van der Waals surface area contributed by atoms with Crippen LogP contribution in [0.15, 0.2) is 20.4 Å². The predicted molar refractivity (Wildman–Crippen MR) is 113 cm³/mol. The van der Waals surface area contributed by atoms with Crippen LogP contribution >= 0.6 is 11.5 Å². The zero-order valence-corrected chi connectivity index (χ0v) is 17.0. The molecule has 0 radical (unpaired) electrons. The van der Waals surface area contributed by atoms with Gasteiger partial charge in [-0.15, -0.1) is 0 Å². The van der Waals surface area contributed by atoms with Crippen LogP contribution in [0.1, 0.15) is 30.1 Å². The van der Waals surface area contributed by atoms with Crippen LogP contribution in [-0.2, 0) is 11.3 Å². The Morgan fingerprint density at radius 1 is 1.38 bits per heavy atom. The first-order valence-corrected chi connectivity index (χ1v) is 10.7. The van der Waals surface area contributed by atoms with Crippen LogP contribution in [-0.4, -0.2) is 52.3 Å². The molecule has 0 aromatic carbocycles. The number of pyridine rings is 1. The molecule has 9 nitrogen and oxygen atoms in total. The van der Waals surface area contributed by atoms with Gasteiger partial charge < -0.3 is 25.8 Å². The smallest absolute Gasteiger partial charge is 0.271 e. The molecule has 2 unspecified atom stereocenters. The fourth-order valence-corrected chi connectivity index (χ4v) is 5.45. The van der Waals surface area contributed by atoms with Crippen LogP contribution in [0.25, 0.3) is 16.3 Å². The van der Waals surface area contributed by atoms with E-state index in [0.717, 1.165) is 41.3 Å². The fraction of sp³-hybridized carbons (Fsp3) is 0.526. The van der Waals surface area contributed by atoms with Crippen LogP contribution in [0.4, 0.5) is 0 Å². The molecule has 2 aromatic rings. The predicted octanol–water partition coefficient (Wildman–Crippen LogP) is 0.203. The van der Waals surface area contributed by atoms with Gasteiger partial charge in [-0.25, -0.2) is 0 Å². The first-order valence-electron chi connectivity index (χ1n) is 9.84. The molecule has 29 heavy (non-hydrogen) atoms. The van der Waals surface area contributed by atoms with E-state index in [4.69, 9.17) is 16.3 Å². The van der Waals surface area contributed by atoms with E-state index in [0.29, 0.717) is 31.1 Å². The summed E-state index contributed by atoms with van der Waals surface area (Å²) < 4.78 is 4.90. The van der Waals surface area contributed by atoms with E-state index in [2.05, 4.69) is 19.0 Å². The highest BCUT2D eigenvalue weighted by Crippen LogP contribution is 2.41. The van der Waals surface area contributed by atoms with Crippen molar-refractivity contribution in [2.75, 3.05) is 26.7 Å². The molecule has 154 valence electrons. The van der Waals surface area contributed by atoms with Crippen molar-refractivity contribution in [1.29, 1.82) is 0 Å². The number of nitrogens with zero attached hydrogens (tertiary/aromatic N) is 3. The summed E-state index contributed by atoms with van der Waals surface area (Å²) in [5, 5.41) is 4.41. The molecular formula is C19H24N6O3S. The molecule has 2 fully saturated rings. The summed E-state index contributed by atoms with van der Waals surface area (Å²) in [6.07, 6.45) is 4.55. The zero-order chi connectivity index (χ0) is 20.3. The molecule has 3 aliphatic rings.